The summed E-state index contributed by atoms with van der Waals surface area (Å²) in [6, 6.07) is 11.2. The van der Waals surface area contributed by atoms with Crippen LogP contribution in [0.3, 0.4) is 0 Å². The minimum Gasteiger partial charge on any atom is -0.378 e. The number of fused-ring (bicyclic) bond motifs is 1. The number of nitrogens with one attached hydrogen (secondary N) is 3. The molecule has 1 aliphatic rings. The van der Waals surface area contributed by atoms with Crippen molar-refractivity contribution in [2.45, 2.75) is 26.8 Å². The molecule has 3 aromatic heterocycles. The highest BCUT2D eigenvalue weighted by Gasteiger charge is 2.19. The van der Waals surface area contributed by atoms with E-state index in [1.807, 2.05) is 61.8 Å². The summed E-state index contributed by atoms with van der Waals surface area (Å²) < 4.78 is 7.28. The normalized spacial score (nSPS) is 13.5. The van der Waals surface area contributed by atoms with E-state index in [9.17, 15) is 9.59 Å². The molecular formula is C28H31N7O3. The number of anilines is 3. The summed E-state index contributed by atoms with van der Waals surface area (Å²) in [5.74, 6) is 0.555. The molecule has 0 aliphatic carbocycles. The number of hydrogen-bond donors (Lipinski definition) is 3. The highest BCUT2D eigenvalue weighted by molar-refractivity contribution is 5.94. The fourth-order valence-electron chi connectivity index (χ4n) is 4.46. The third-order valence-corrected chi connectivity index (χ3v) is 6.37. The van der Waals surface area contributed by atoms with Crippen LogP contribution in [0.25, 0.3) is 16.8 Å². The quantitative estimate of drug-likeness (QED) is 0.351. The minimum atomic E-state index is -0.241. The molecule has 0 unspecified atom stereocenters. The lowest BCUT2D eigenvalue weighted by Crippen LogP contribution is -2.40. The van der Waals surface area contributed by atoms with Crippen molar-refractivity contribution in [1.82, 2.24) is 24.6 Å². The van der Waals surface area contributed by atoms with Gasteiger partial charge in [0, 0.05) is 55.2 Å². The van der Waals surface area contributed by atoms with E-state index in [0.29, 0.717) is 37.7 Å². The SMILES string of the molecule is Cc1c(NC(=O)NC(C)C)cccc1-c1cc(Nc2ccc(C(=O)N3CCOCC3)cn2)c2nccn2c1. The lowest BCUT2D eigenvalue weighted by molar-refractivity contribution is 0.0302. The topological polar surface area (TPSA) is 113 Å². The van der Waals surface area contributed by atoms with E-state index in [4.69, 9.17) is 4.74 Å². The molecule has 1 fully saturated rings. The van der Waals surface area contributed by atoms with Crippen LogP contribution in [0.1, 0.15) is 29.8 Å². The number of urea groups is 1. The van der Waals surface area contributed by atoms with Gasteiger partial charge in [-0.05, 0) is 56.2 Å². The average molecular weight is 514 g/mol. The Morgan fingerprint density at radius 2 is 1.87 bits per heavy atom. The molecule has 10 heteroatoms. The van der Waals surface area contributed by atoms with Crippen LogP contribution in [-0.4, -0.2) is 63.6 Å². The highest BCUT2D eigenvalue weighted by atomic mass is 16.5. The Hall–Kier alpha value is -4.44. The molecule has 196 valence electrons. The first-order chi connectivity index (χ1) is 18.4. The first-order valence-electron chi connectivity index (χ1n) is 12.6. The predicted octanol–water partition coefficient (Wildman–Crippen LogP) is 4.45. The molecule has 38 heavy (non-hydrogen) atoms. The van der Waals surface area contributed by atoms with E-state index in [2.05, 4.69) is 25.9 Å². The molecule has 0 bridgehead atoms. The van der Waals surface area contributed by atoms with Gasteiger partial charge >= 0.3 is 6.03 Å². The van der Waals surface area contributed by atoms with Gasteiger partial charge in [-0.2, -0.15) is 0 Å². The van der Waals surface area contributed by atoms with E-state index in [1.165, 1.54) is 0 Å². The van der Waals surface area contributed by atoms with Crippen molar-refractivity contribution in [2.75, 3.05) is 36.9 Å². The van der Waals surface area contributed by atoms with Crippen LogP contribution in [0.2, 0.25) is 0 Å². The summed E-state index contributed by atoms with van der Waals surface area (Å²) >= 11 is 0. The molecule has 3 N–H and O–H groups in total. The number of hydrogen-bond acceptors (Lipinski definition) is 6. The largest absolute Gasteiger partial charge is 0.378 e. The first kappa shape index (κ1) is 25.2. The maximum Gasteiger partial charge on any atom is 0.319 e. The molecule has 5 rings (SSSR count). The number of rotatable bonds is 6. The molecule has 1 aliphatic heterocycles. The monoisotopic (exact) mass is 513 g/mol. The zero-order chi connectivity index (χ0) is 26.6. The van der Waals surface area contributed by atoms with E-state index in [-0.39, 0.29) is 18.0 Å². The van der Waals surface area contributed by atoms with Crippen LogP contribution in [0.5, 0.6) is 0 Å². The van der Waals surface area contributed by atoms with Gasteiger partial charge in [-0.15, -0.1) is 0 Å². The number of amides is 3. The Balaban J connectivity index is 1.41. The van der Waals surface area contributed by atoms with Crippen molar-refractivity contribution >= 4 is 34.8 Å². The van der Waals surface area contributed by atoms with Gasteiger partial charge in [0.1, 0.15) is 5.82 Å². The number of nitrogens with zero attached hydrogens (tertiary/aromatic N) is 4. The van der Waals surface area contributed by atoms with Crippen LogP contribution < -0.4 is 16.0 Å². The van der Waals surface area contributed by atoms with E-state index in [0.717, 1.165) is 33.7 Å². The molecule has 1 saturated heterocycles. The highest BCUT2D eigenvalue weighted by Crippen LogP contribution is 2.32. The Kier molecular flexibility index (Phi) is 7.23. The summed E-state index contributed by atoms with van der Waals surface area (Å²) in [7, 11) is 0. The molecule has 0 spiro atoms. The van der Waals surface area contributed by atoms with Gasteiger partial charge in [0.15, 0.2) is 5.65 Å². The van der Waals surface area contributed by atoms with Gasteiger partial charge in [0.05, 0.1) is 24.5 Å². The smallest absolute Gasteiger partial charge is 0.319 e. The number of ether oxygens (including phenoxy) is 1. The van der Waals surface area contributed by atoms with Crippen LogP contribution in [-0.2, 0) is 4.74 Å². The molecule has 10 nitrogen and oxygen atoms in total. The summed E-state index contributed by atoms with van der Waals surface area (Å²) in [6.45, 7) is 8.10. The molecule has 4 heterocycles. The van der Waals surface area contributed by atoms with Crippen molar-refractivity contribution in [2.24, 2.45) is 0 Å². The Bertz CT molecular complexity index is 1460. The molecule has 0 atom stereocenters. The van der Waals surface area contributed by atoms with Gasteiger partial charge in [-0.25, -0.2) is 14.8 Å². The summed E-state index contributed by atoms with van der Waals surface area (Å²) in [4.78, 5) is 35.8. The number of carbonyl (C=O) groups excluding carboxylic acids is 2. The van der Waals surface area contributed by atoms with Crippen LogP contribution in [0.4, 0.5) is 22.0 Å². The second-order valence-corrected chi connectivity index (χ2v) is 9.49. The molecule has 0 saturated carbocycles. The van der Waals surface area contributed by atoms with Crippen LogP contribution in [0.15, 0.2) is 61.2 Å². The molecule has 3 amide bonds. The lowest BCUT2D eigenvalue weighted by Gasteiger charge is -2.26. The van der Waals surface area contributed by atoms with Gasteiger partial charge in [-0.3, -0.25) is 4.79 Å². The summed E-state index contributed by atoms with van der Waals surface area (Å²) in [6.07, 6.45) is 7.22. The second-order valence-electron chi connectivity index (χ2n) is 9.49. The number of aromatic nitrogens is 3. The zero-order valence-corrected chi connectivity index (χ0v) is 21.7. The zero-order valence-electron chi connectivity index (χ0n) is 21.7. The molecule has 1 aromatic carbocycles. The first-order valence-corrected chi connectivity index (χ1v) is 12.6. The predicted molar refractivity (Wildman–Crippen MR) is 147 cm³/mol. The fraction of sp³-hybridized carbons (Fsp3) is 0.286. The van der Waals surface area contributed by atoms with E-state index < -0.39 is 0 Å². The number of benzene rings is 1. The fourth-order valence-corrected chi connectivity index (χ4v) is 4.46. The molecule has 0 radical (unpaired) electrons. The van der Waals surface area contributed by atoms with Gasteiger partial charge in [0.2, 0.25) is 0 Å². The minimum absolute atomic E-state index is 0.0379. The van der Waals surface area contributed by atoms with E-state index >= 15 is 0 Å². The van der Waals surface area contributed by atoms with Crippen molar-refractivity contribution in [3.63, 3.8) is 0 Å². The van der Waals surface area contributed by atoms with Gasteiger partial charge in [0.25, 0.3) is 5.91 Å². The maximum absolute atomic E-state index is 12.8. The number of imidazole rings is 1. The second kappa shape index (κ2) is 10.9. The summed E-state index contributed by atoms with van der Waals surface area (Å²) in [5.41, 5.74) is 5.66. The third kappa shape index (κ3) is 5.45. The number of morpholine rings is 1. The van der Waals surface area contributed by atoms with Crippen molar-refractivity contribution < 1.29 is 14.3 Å². The van der Waals surface area contributed by atoms with Gasteiger partial charge in [-0.1, -0.05) is 12.1 Å². The third-order valence-electron chi connectivity index (χ3n) is 6.37. The Morgan fingerprint density at radius 1 is 1.05 bits per heavy atom. The maximum atomic E-state index is 12.8. The number of pyridine rings is 2. The Labute approximate surface area is 221 Å². The molecule has 4 aromatic rings. The van der Waals surface area contributed by atoms with E-state index in [1.54, 1.807) is 29.4 Å². The lowest BCUT2D eigenvalue weighted by atomic mass is 10.00. The van der Waals surface area contributed by atoms with Gasteiger partial charge < -0.3 is 30.0 Å². The van der Waals surface area contributed by atoms with Crippen molar-refractivity contribution in [3.05, 3.63) is 72.3 Å². The standard InChI is InChI=1S/C28H31N7O3/c1-18(2)31-28(37)33-23-6-4-5-22(19(23)3)21-15-24(26-29-9-10-35(26)17-21)32-25-8-7-20(16-30-25)27(36)34-11-13-38-14-12-34/h4-10,15-18H,11-14H2,1-3H3,(H,30,32)(H2,31,33,37). The Morgan fingerprint density at radius 3 is 2.61 bits per heavy atom. The van der Waals surface area contributed by atoms with Crippen molar-refractivity contribution in [3.8, 4) is 11.1 Å². The number of carbonyl (C=O) groups is 2. The summed E-state index contributed by atoms with van der Waals surface area (Å²) in [5, 5.41) is 9.16. The average Bonchev–Trinajstić information content (AvgIpc) is 3.39. The van der Waals surface area contributed by atoms with Crippen LogP contribution >= 0.6 is 0 Å². The molecular weight excluding hydrogens is 482 g/mol. The van der Waals surface area contributed by atoms with Crippen LogP contribution in [0, 0.1) is 6.92 Å². The van der Waals surface area contributed by atoms with Crippen molar-refractivity contribution in [1.29, 1.82) is 0 Å².